The molecule has 0 spiro atoms. The zero-order valence-corrected chi connectivity index (χ0v) is 20.0. The first-order valence-electron chi connectivity index (χ1n) is 10.5. The molecule has 2 unspecified atom stereocenters. The van der Waals surface area contributed by atoms with E-state index in [1.165, 1.54) is 6.33 Å². The van der Waals surface area contributed by atoms with Crippen molar-refractivity contribution in [1.29, 1.82) is 0 Å². The Bertz CT molecular complexity index is 1230. The van der Waals surface area contributed by atoms with E-state index >= 15 is 0 Å². The van der Waals surface area contributed by atoms with E-state index in [0.717, 1.165) is 26.9 Å². The Kier molecular flexibility index (Phi) is 5.57. The average molecular weight is 511 g/mol. The molecule has 2 aliphatic rings. The molecule has 3 aromatic rings. The fourth-order valence-electron chi connectivity index (χ4n) is 4.68. The number of methoxy groups -OCH3 is 3. The van der Waals surface area contributed by atoms with Crippen LogP contribution in [0.15, 0.2) is 58.5 Å². The molecule has 1 aliphatic heterocycles. The molecule has 1 aromatic heterocycles. The maximum absolute atomic E-state index is 13.6. The molecular formula is C24H23BrN4O4. The normalized spacial score (nSPS) is 19.5. The van der Waals surface area contributed by atoms with Gasteiger partial charge in [0, 0.05) is 22.2 Å². The lowest BCUT2D eigenvalue weighted by Crippen LogP contribution is -2.33. The van der Waals surface area contributed by atoms with Crippen LogP contribution in [0.5, 0.6) is 17.2 Å². The summed E-state index contributed by atoms with van der Waals surface area (Å²) in [6.45, 7) is 0. The van der Waals surface area contributed by atoms with Crippen LogP contribution in [0.4, 0.5) is 5.95 Å². The average Bonchev–Trinajstić information content (AvgIpc) is 3.30. The summed E-state index contributed by atoms with van der Waals surface area (Å²) in [5.74, 6) is 2.34. The number of hydrogen-bond acceptors (Lipinski definition) is 7. The highest BCUT2D eigenvalue weighted by atomic mass is 79.9. The van der Waals surface area contributed by atoms with E-state index in [1.54, 1.807) is 26.0 Å². The number of aromatic nitrogens is 3. The number of fused-ring (bicyclic) bond motifs is 1. The van der Waals surface area contributed by atoms with Crippen molar-refractivity contribution in [3.63, 3.8) is 0 Å². The number of hydrogen-bond donors (Lipinski definition) is 1. The molecule has 2 atom stereocenters. The van der Waals surface area contributed by atoms with Gasteiger partial charge in [0.15, 0.2) is 17.3 Å². The number of ketones is 1. The molecule has 2 aromatic carbocycles. The summed E-state index contributed by atoms with van der Waals surface area (Å²) in [4.78, 5) is 17.9. The van der Waals surface area contributed by atoms with Gasteiger partial charge in [0.25, 0.3) is 0 Å². The molecule has 1 aliphatic carbocycles. The number of Topliss-reactive ketones (excluding diaryl/α,β-unsaturated/α-hetero) is 1. The number of nitrogens with zero attached hydrogens (tertiary/aromatic N) is 3. The van der Waals surface area contributed by atoms with E-state index < -0.39 is 0 Å². The van der Waals surface area contributed by atoms with Gasteiger partial charge in [-0.2, -0.15) is 10.1 Å². The Labute approximate surface area is 199 Å². The highest BCUT2D eigenvalue weighted by Gasteiger charge is 2.39. The molecule has 5 rings (SSSR count). The third-order valence-electron chi connectivity index (χ3n) is 6.21. The maximum Gasteiger partial charge on any atom is 0.226 e. The number of carbonyl (C=O) groups excluding carboxylic acids is 1. The van der Waals surface area contributed by atoms with Crippen LogP contribution in [0, 0.1) is 0 Å². The number of halogens is 1. The van der Waals surface area contributed by atoms with Gasteiger partial charge in [0.05, 0.1) is 21.3 Å². The van der Waals surface area contributed by atoms with Gasteiger partial charge in [-0.1, -0.05) is 28.1 Å². The third-order valence-corrected chi connectivity index (χ3v) is 6.73. The third kappa shape index (κ3) is 3.66. The van der Waals surface area contributed by atoms with Crippen molar-refractivity contribution in [1.82, 2.24) is 14.8 Å². The highest BCUT2D eigenvalue weighted by Crippen LogP contribution is 2.47. The predicted molar refractivity (Wildman–Crippen MR) is 126 cm³/mol. The largest absolute Gasteiger partial charge is 0.493 e. The van der Waals surface area contributed by atoms with Gasteiger partial charge in [-0.25, -0.2) is 4.68 Å². The van der Waals surface area contributed by atoms with Gasteiger partial charge < -0.3 is 19.5 Å². The zero-order valence-electron chi connectivity index (χ0n) is 18.5. The Morgan fingerprint density at radius 3 is 2.33 bits per heavy atom. The van der Waals surface area contributed by atoms with E-state index in [0.29, 0.717) is 36.0 Å². The van der Waals surface area contributed by atoms with Crippen molar-refractivity contribution in [2.24, 2.45) is 0 Å². The second-order valence-corrected chi connectivity index (χ2v) is 8.90. The first-order chi connectivity index (χ1) is 16.0. The maximum atomic E-state index is 13.6. The molecule has 0 radical (unpaired) electrons. The first-order valence-corrected chi connectivity index (χ1v) is 11.3. The van der Waals surface area contributed by atoms with E-state index in [-0.39, 0.29) is 17.7 Å². The van der Waals surface area contributed by atoms with Crippen LogP contribution in [0.2, 0.25) is 0 Å². The summed E-state index contributed by atoms with van der Waals surface area (Å²) < 4.78 is 19.2. The SMILES string of the molecule is COc1cc(C2CC(=O)C3=C(C2)Nc2ncnn2C3c2ccc(Br)cc2)cc(OC)c1OC. The second kappa shape index (κ2) is 8.55. The van der Waals surface area contributed by atoms with Crippen LogP contribution < -0.4 is 19.5 Å². The van der Waals surface area contributed by atoms with Gasteiger partial charge in [0.1, 0.15) is 12.4 Å². The molecule has 0 saturated heterocycles. The zero-order chi connectivity index (χ0) is 23.1. The molecule has 0 bridgehead atoms. The van der Waals surface area contributed by atoms with E-state index in [9.17, 15) is 4.79 Å². The van der Waals surface area contributed by atoms with E-state index in [2.05, 4.69) is 31.3 Å². The first kappa shape index (κ1) is 21.5. The number of benzene rings is 2. The lowest BCUT2D eigenvalue weighted by molar-refractivity contribution is -0.116. The number of carbonyl (C=O) groups is 1. The Balaban J connectivity index is 1.57. The highest BCUT2D eigenvalue weighted by molar-refractivity contribution is 9.10. The number of rotatable bonds is 5. The van der Waals surface area contributed by atoms with Crippen LogP contribution in [-0.2, 0) is 4.79 Å². The van der Waals surface area contributed by atoms with Crippen LogP contribution >= 0.6 is 15.9 Å². The van der Waals surface area contributed by atoms with Crippen molar-refractivity contribution >= 4 is 27.7 Å². The molecule has 0 saturated carbocycles. The summed E-state index contributed by atoms with van der Waals surface area (Å²) >= 11 is 3.49. The number of nitrogens with one attached hydrogen (secondary N) is 1. The van der Waals surface area contributed by atoms with Gasteiger partial charge in [-0.3, -0.25) is 4.79 Å². The molecule has 0 amide bonds. The summed E-state index contributed by atoms with van der Waals surface area (Å²) in [6.07, 6.45) is 2.53. The van der Waals surface area contributed by atoms with Crippen molar-refractivity contribution in [2.75, 3.05) is 26.6 Å². The fourth-order valence-corrected chi connectivity index (χ4v) is 4.94. The molecule has 33 heavy (non-hydrogen) atoms. The van der Waals surface area contributed by atoms with Crippen molar-refractivity contribution in [2.45, 2.75) is 24.8 Å². The molecular weight excluding hydrogens is 488 g/mol. The monoisotopic (exact) mass is 510 g/mol. The van der Waals surface area contributed by atoms with Crippen molar-refractivity contribution in [3.05, 3.63) is 69.6 Å². The molecule has 8 nitrogen and oxygen atoms in total. The lowest BCUT2D eigenvalue weighted by Gasteiger charge is -2.35. The molecule has 1 N–H and O–H groups in total. The summed E-state index contributed by atoms with van der Waals surface area (Å²) in [6, 6.07) is 11.5. The van der Waals surface area contributed by atoms with Crippen LogP contribution in [0.3, 0.4) is 0 Å². The second-order valence-electron chi connectivity index (χ2n) is 7.99. The number of ether oxygens (including phenoxy) is 3. The minimum Gasteiger partial charge on any atom is -0.493 e. The van der Waals surface area contributed by atoms with Crippen molar-refractivity contribution in [3.8, 4) is 17.2 Å². The molecule has 2 heterocycles. The lowest BCUT2D eigenvalue weighted by atomic mass is 9.78. The summed E-state index contributed by atoms with van der Waals surface area (Å²) in [5, 5.41) is 7.75. The quantitative estimate of drug-likeness (QED) is 0.541. The Morgan fingerprint density at radius 1 is 1.00 bits per heavy atom. The van der Waals surface area contributed by atoms with Crippen LogP contribution in [0.1, 0.15) is 35.9 Å². The van der Waals surface area contributed by atoms with E-state index in [4.69, 9.17) is 14.2 Å². The minimum absolute atomic E-state index is 0.0440. The fraction of sp³-hybridized carbons (Fsp3) is 0.292. The Morgan fingerprint density at radius 2 is 1.70 bits per heavy atom. The number of allylic oxidation sites excluding steroid dienone is 2. The molecule has 0 fully saturated rings. The summed E-state index contributed by atoms with van der Waals surface area (Å²) in [5.41, 5.74) is 3.55. The van der Waals surface area contributed by atoms with Gasteiger partial charge in [-0.15, -0.1) is 0 Å². The van der Waals surface area contributed by atoms with E-state index in [1.807, 2.05) is 36.4 Å². The predicted octanol–water partition coefficient (Wildman–Crippen LogP) is 4.48. The van der Waals surface area contributed by atoms with Crippen molar-refractivity contribution < 1.29 is 19.0 Å². The molecule has 9 heteroatoms. The summed E-state index contributed by atoms with van der Waals surface area (Å²) in [7, 11) is 4.75. The standard InChI is InChI=1S/C24H23BrN4O4/c1-31-19-10-15(11-20(32-2)23(19)33-3)14-8-17-21(18(30)9-14)22(13-4-6-16(25)7-5-13)29-24(28-17)26-12-27-29/h4-7,10-12,14,22H,8-9H2,1-3H3,(H,26,27,28). The Hall–Kier alpha value is -3.33. The van der Waals surface area contributed by atoms with Crippen LogP contribution in [0.25, 0.3) is 0 Å². The van der Waals surface area contributed by atoms with Gasteiger partial charge >= 0.3 is 0 Å². The van der Waals surface area contributed by atoms with Gasteiger partial charge in [0.2, 0.25) is 11.7 Å². The topological polar surface area (TPSA) is 87.5 Å². The smallest absolute Gasteiger partial charge is 0.226 e. The minimum atomic E-state index is -0.319. The van der Waals surface area contributed by atoms with Crippen LogP contribution in [-0.4, -0.2) is 41.9 Å². The molecule has 170 valence electrons. The number of anilines is 1. The van der Waals surface area contributed by atoms with Gasteiger partial charge in [-0.05, 0) is 47.7 Å².